The number of anilines is 2. The van der Waals surface area contributed by atoms with Gasteiger partial charge in [0.2, 0.25) is 5.95 Å². The summed E-state index contributed by atoms with van der Waals surface area (Å²) in [6, 6.07) is 9.12. The van der Waals surface area contributed by atoms with E-state index in [1.165, 1.54) is 32.1 Å². The lowest BCUT2D eigenvalue weighted by Gasteiger charge is -2.40. The molecule has 3 aliphatic rings. The van der Waals surface area contributed by atoms with Gasteiger partial charge in [-0.1, -0.05) is 31.4 Å². The molecule has 2 aliphatic heterocycles. The number of fused-ring (bicyclic) bond motifs is 1. The van der Waals surface area contributed by atoms with Crippen molar-refractivity contribution < 1.29 is 4.74 Å². The maximum absolute atomic E-state index is 5.78. The van der Waals surface area contributed by atoms with Crippen LogP contribution >= 0.6 is 0 Å². The van der Waals surface area contributed by atoms with E-state index in [1.54, 1.807) is 0 Å². The minimum absolute atomic E-state index is 0.297. The third-order valence-corrected chi connectivity index (χ3v) is 6.80. The van der Waals surface area contributed by atoms with Gasteiger partial charge in [0.15, 0.2) is 0 Å². The van der Waals surface area contributed by atoms with Crippen molar-refractivity contribution in [2.75, 3.05) is 49.5 Å². The molecule has 1 aliphatic carbocycles. The van der Waals surface area contributed by atoms with Gasteiger partial charge in [0.1, 0.15) is 5.82 Å². The highest BCUT2D eigenvalue weighted by molar-refractivity contribution is 5.90. The smallest absolute Gasteiger partial charge is 0.227 e. The van der Waals surface area contributed by atoms with Crippen molar-refractivity contribution in [2.24, 2.45) is 0 Å². The van der Waals surface area contributed by atoms with Gasteiger partial charge in [-0.3, -0.25) is 4.90 Å². The average Bonchev–Trinajstić information content (AvgIpc) is 3.32. The Morgan fingerprint density at radius 3 is 2.55 bits per heavy atom. The molecule has 1 unspecified atom stereocenters. The minimum Gasteiger partial charge on any atom is -0.376 e. The Morgan fingerprint density at radius 2 is 1.76 bits per heavy atom. The van der Waals surface area contributed by atoms with E-state index in [0.717, 1.165) is 80.9 Å². The van der Waals surface area contributed by atoms with Gasteiger partial charge in [-0.15, -0.1) is 0 Å². The number of nitrogens with zero attached hydrogens (tertiary/aromatic N) is 4. The van der Waals surface area contributed by atoms with E-state index in [2.05, 4.69) is 39.4 Å². The van der Waals surface area contributed by atoms with E-state index in [-0.39, 0.29) is 0 Å². The molecular weight excluding hydrogens is 362 g/mol. The number of hydrogen-bond acceptors (Lipinski definition) is 6. The van der Waals surface area contributed by atoms with Gasteiger partial charge < -0.3 is 15.0 Å². The van der Waals surface area contributed by atoms with Crippen molar-refractivity contribution in [3.8, 4) is 0 Å². The van der Waals surface area contributed by atoms with Crippen LogP contribution in [0.3, 0.4) is 0 Å². The summed E-state index contributed by atoms with van der Waals surface area (Å²) in [5.74, 6) is 1.80. The van der Waals surface area contributed by atoms with Crippen molar-refractivity contribution in [1.29, 1.82) is 0 Å². The molecule has 1 N–H and O–H groups in total. The van der Waals surface area contributed by atoms with Crippen LogP contribution in [0.25, 0.3) is 10.9 Å². The highest BCUT2D eigenvalue weighted by Gasteiger charge is 2.26. The normalized spacial score (nSPS) is 24.3. The van der Waals surface area contributed by atoms with Gasteiger partial charge in [0.25, 0.3) is 0 Å². The topological polar surface area (TPSA) is 53.5 Å². The summed E-state index contributed by atoms with van der Waals surface area (Å²) in [7, 11) is 0. The molecule has 6 nitrogen and oxygen atoms in total. The standard InChI is InChI=1S/C23H33N5O/c1-2-7-18(8-3-1)27-12-14-28(15-13-27)23-25-21-11-5-4-10-20(21)22(26-23)24-17-19-9-6-16-29-19/h4-5,10-11,18-19H,1-3,6-9,12-17H2,(H,24,25,26). The van der Waals surface area contributed by atoms with Crippen molar-refractivity contribution in [2.45, 2.75) is 57.1 Å². The van der Waals surface area contributed by atoms with Crippen LogP contribution in [0.5, 0.6) is 0 Å². The second-order valence-corrected chi connectivity index (χ2v) is 8.72. The first-order chi connectivity index (χ1) is 14.4. The van der Waals surface area contributed by atoms with Crippen LogP contribution in [0.2, 0.25) is 0 Å². The highest BCUT2D eigenvalue weighted by Crippen LogP contribution is 2.27. The molecule has 156 valence electrons. The third kappa shape index (κ3) is 4.33. The van der Waals surface area contributed by atoms with Crippen LogP contribution in [0.1, 0.15) is 44.9 Å². The maximum Gasteiger partial charge on any atom is 0.227 e. The van der Waals surface area contributed by atoms with Crippen LogP contribution in [-0.4, -0.2) is 66.3 Å². The Kier molecular flexibility index (Phi) is 5.81. The summed E-state index contributed by atoms with van der Waals surface area (Å²) >= 11 is 0. The van der Waals surface area contributed by atoms with Gasteiger partial charge in [0.05, 0.1) is 11.6 Å². The number of rotatable bonds is 5. The second kappa shape index (κ2) is 8.84. The monoisotopic (exact) mass is 395 g/mol. The Hall–Kier alpha value is -1.92. The summed E-state index contributed by atoms with van der Waals surface area (Å²) < 4.78 is 5.78. The summed E-state index contributed by atoms with van der Waals surface area (Å²) in [4.78, 5) is 14.9. The molecular formula is C23H33N5O. The minimum atomic E-state index is 0.297. The molecule has 2 aromatic rings. The lowest BCUT2D eigenvalue weighted by Crippen LogP contribution is -2.51. The molecule has 1 aromatic carbocycles. The van der Waals surface area contributed by atoms with Gasteiger partial charge >= 0.3 is 0 Å². The van der Waals surface area contributed by atoms with Crippen molar-refractivity contribution in [1.82, 2.24) is 14.9 Å². The summed E-state index contributed by atoms with van der Waals surface area (Å²) in [5, 5.41) is 4.65. The molecule has 0 spiro atoms. The summed E-state index contributed by atoms with van der Waals surface area (Å²) in [5.41, 5.74) is 1.02. The third-order valence-electron chi connectivity index (χ3n) is 6.80. The molecule has 2 saturated heterocycles. The number of nitrogens with one attached hydrogen (secondary N) is 1. The quantitative estimate of drug-likeness (QED) is 0.834. The van der Waals surface area contributed by atoms with Crippen molar-refractivity contribution in [3.05, 3.63) is 24.3 Å². The number of piperazine rings is 1. The lowest BCUT2D eigenvalue weighted by atomic mass is 9.94. The van der Waals surface area contributed by atoms with Gasteiger partial charge in [-0.25, -0.2) is 4.98 Å². The van der Waals surface area contributed by atoms with Crippen LogP contribution in [0.4, 0.5) is 11.8 Å². The SMILES string of the molecule is c1ccc2c(NCC3CCCO3)nc(N3CCN(C4CCCCC4)CC3)nc2c1. The van der Waals surface area contributed by atoms with Crippen LogP contribution < -0.4 is 10.2 Å². The molecule has 0 radical (unpaired) electrons. The zero-order valence-electron chi connectivity index (χ0n) is 17.4. The summed E-state index contributed by atoms with van der Waals surface area (Å²) in [6.07, 6.45) is 9.57. The van der Waals surface area contributed by atoms with E-state index >= 15 is 0 Å². The molecule has 1 atom stereocenters. The zero-order chi connectivity index (χ0) is 19.5. The molecule has 0 amide bonds. The van der Waals surface area contributed by atoms with E-state index in [0.29, 0.717) is 6.10 Å². The van der Waals surface area contributed by atoms with Gasteiger partial charge in [0, 0.05) is 50.8 Å². The predicted molar refractivity (Wildman–Crippen MR) is 118 cm³/mol. The number of aromatic nitrogens is 2. The number of hydrogen-bond donors (Lipinski definition) is 1. The maximum atomic E-state index is 5.78. The van der Waals surface area contributed by atoms with Crippen LogP contribution in [0, 0.1) is 0 Å². The average molecular weight is 396 g/mol. The van der Waals surface area contributed by atoms with Gasteiger partial charge in [-0.2, -0.15) is 4.98 Å². The van der Waals surface area contributed by atoms with Crippen LogP contribution in [-0.2, 0) is 4.74 Å². The Labute approximate surface area is 173 Å². The molecule has 3 heterocycles. The fourth-order valence-electron chi connectivity index (χ4n) is 5.09. The molecule has 0 bridgehead atoms. The Bertz CT molecular complexity index is 808. The fourth-order valence-corrected chi connectivity index (χ4v) is 5.09. The van der Waals surface area contributed by atoms with E-state index in [9.17, 15) is 0 Å². The first kappa shape index (κ1) is 19.1. The van der Waals surface area contributed by atoms with E-state index < -0.39 is 0 Å². The molecule has 1 saturated carbocycles. The van der Waals surface area contributed by atoms with Crippen LogP contribution in [0.15, 0.2) is 24.3 Å². The number of benzene rings is 1. The summed E-state index contributed by atoms with van der Waals surface area (Å²) in [6.45, 7) is 5.97. The first-order valence-electron chi connectivity index (χ1n) is 11.5. The van der Waals surface area contributed by atoms with E-state index in [4.69, 9.17) is 14.7 Å². The van der Waals surface area contributed by atoms with Gasteiger partial charge in [-0.05, 0) is 37.8 Å². The predicted octanol–water partition coefficient (Wildman–Crippen LogP) is 3.68. The molecule has 6 heteroatoms. The Balaban J connectivity index is 1.30. The molecule has 29 heavy (non-hydrogen) atoms. The molecule has 5 rings (SSSR count). The van der Waals surface area contributed by atoms with Crippen molar-refractivity contribution >= 4 is 22.7 Å². The first-order valence-corrected chi connectivity index (χ1v) is 11.5. The molecule has 3 fully saturated rings. The lowest BCUT2D eigenvalue weighted by molar-refractivity contribution is 0.120. The second-order valence-electron chi connectivity index (χ2n) is 8.72. The number of ether oxygens (including phenoxy) is 1. The largest absolute Gasteiger partial charge is 0.376 e. The molecule has 1 aromatic heterocycles. The van der Waals surface area contributed by atoms with Crippen molar-refractivity contribution in [3.63, 3.8) is 0 Å². The Morgan fingerprint density at radius 1 is 0.931 bits per heavy atom. The number of para-hydroxylation sites is 1. The fraction of sp³-hybridized carbons (Fsp3) is 0.652. The van der Waals surface area contributed by atoms with E-state index in [1.807, 2.05) is 0 Å². The zero-order valence-corrected chi connectivity index (χ0v) is 17.4. The highest BCUT2D eigenvalue weighted by atomic mass is 16.5.